The highest BCUT2D eigenvalue weighted by molar-refractivity contribution is 7.92. The number of benzene rings is 2. The summed E-state index contributed by atoms with van der Waals surface area (Å²) in [4.78, 5) is 13.4. The highest BCUT2D eigenvalue weighted by atomic mass is 32.2. The Morgan fingerprint density at radius 1 is 0.821 bits per heavy atom. The third-order valence-corrected chi connectivity index (χ3v) is 4.70. The number of nitrogens with one attached hydrogen (secondary N) is 1. The molecule has 4 aromatic rings. The van der Waals surface area contributed by atoms with Gasteiger partial charge in [-0.25, -0.2) is 23.4 Å². The van der Waals surface area contributed by atoms with Gasteiger partial charge in [-0.3, -0.25) is 4.72 Å². The van der Waals surface area contributed by atoms with E-state index in [1.54, 1.807) is 12.1 Å². The molecule has 140 valence electrons. The maximum Gasteiger partial charge on any atom is 0.229 e. The van der Waals surface area contributed by atoms with E-state index in [1.807, 2.05) is 54.6 Å². The number of fused-ring (bicyclic) bond motifs is 1. The van der Waals surface area contributed by atoms with Gasteiger partial charge in [-0.2, -0.15) is 0 Å². The minimum atomic E-state index is -3.32. The van der Waals surface area contributed by atoms with Gasteiger partial charge in [0.05, 0.1) is 17.5 Å². The van der Waals surface area contributed by atoms with Gasteiger partial charge in [0.2, 0.25) is 16.0 Å². The van der Waals surface area contributed by atoms with Gasteiger partial charge in [0, 0.05) is 16.8 Å². The second kappa shape index (κ2) is 6.90. The predicted molar refractivity (Wildman–Crippen MR) is 111 cm³/mol. The highest BCUT2D eigenvalue weighted by Gasteiger charge is 2.12. The van der Waals surface area contributed by atoms with E-state index in [9.17, 15) is 8.42 Å². The first-order valence-corrected chi connectivity index (χ1v) is 10.4. The zero-order valence-electron chi connectivity index (χ0n) is 15.0. The van der Waals surface area contributed by atoms with E-state index in [0.29, 0.717) is 22.4 Å². The van der Waals surface area contributed by atoms with Gasteiger partial charge in [-0.05, 0) is 24.3 Å². The number of hydrogen-bond acceptors (Lipinski definition) is 6. The summed E-state index contributed by atoms with van der Waals surface area (Å²) < 4.78 is 25.2. The van der Waals surface area contributed by atoms with Crippen molar-refractivity contribution >= 4 is 32.7 Å². The van der Waals surface area contributed by atoms with Crippen molar-refractivity contribution in [1.29, 1.82) is 0 Å². The standard InChI is InChI=1S/C20H17N5O2S/c1-28(26,27)25-15-9-7-13(8-10-15)16-11-12-17-19(22-16)18(24-20(21)23-17)14-5-3-2-4-6-14/h2-12,25H,1H3,(H2,21,23,24). The van der Waals surface area contributed by atoms with Crippen molar-refractivity contribution in [2.24, 2.45) is 0 Å². The predicted octanol–water partition coefficient (Wildman–Crippen LogP) is 3.31. The minimum Gasteiger partial charge on any atom is -0.368 e. The maximum atomic E-state index is 11.4. The molecule has 0 aliphatic carbocycles. The van der Waals surface area contributed by atoms with E-state index < -0.39 is 10.0 Å². The molecule has 0 unspecified atom stereocenters. The van der Waals surface area contributed by atoms with Crippen molar-refractivity contribution in [3.05, 3.63) is 66.7 Å². The average molecular weight is 391 g/mol. The lowest BCUT2D eigenvalue weighted by Gasteiger charge is -2.09. The summed E-state index contributed by atoms with van der Waals surface area (Å²) in [5, 5.41) is 0. The second-order valence-electron chi connectivity index (χ2n) is 6.31. The van der Waals surface area contributed by atoms with Crippen LogP contribution in [-0.4, -0.2) is 29.6 Å². The Morgan fingerprint density at radius 3 is 2.21 bits per heavy atom. The van der Waals surface area contributed by atoms with Crippen LogP contribution < -0.4 is 10.5 Å². The van der Waals surface area contributed by atoms with Crippen LogP contribution in [-0.2, 0) is 10.0 Å². The monoisotopic (exact) mass is 391 g/mol. The van der Waals surface area contributed by atoms with Gasteiger partial charge in [0.15, 0.2) is 0 Å². The van der Waals surface area contributed by atoms with Crippen LogP contribution in [0.25, 0.3) is 33.5 Å². The molecule has 0 fully saturated rings. The molecular weight excluding hydrogens is 374 g/mol. The molecular formula is C20H17N5O2S. The van der Waals surface area contributed by atoms with Gasteiger partial charge in [-0.1, -0.05) is 42.5 Å². The van der Waals surface area contributed by atoms with Crippen molar-refractivity contribution in [3.8, 4) is 22.5 Å². The molecule has 0 amide bonds. The molecule has 0 atom stereocenters. The summed E-state index contributed by atoms with van der Waals surface area (Å²) in [7, 11) is -3.32. The van der Waals surface area contributed by atoms with E-state index in [4.69, 9.17) is 10.7 Å². The fourth-order valence-electron chi connectivity index (χ4n) is 2.91. The largest absolute Gasteiger partial charge is 0.368 e. The number of pyridine rings is 1. The van der Waals surface area contributed by atoms with Gasteiger partial charge in [-0.15, -0.1) is 0 Å². The minimum absolute atomic E-state index is 0.192. The van der Waals surface area contributed by atoms with Crippen LogP contribution in [0.3, 0.4) is 0 Å². The summed E-state index contributed by atoms with van der Waals surface area (Å²) in [5.74, 6) is 0.192. The first-order chi connectivity index (χ1) is 13.4. The third-order valence-electron chi connectivity index (χ3n) is 4.09. The van der Waals surface area contributed by atoms with E-state index in [0.717, 1.165) is 23.1 Å². The molecule has 0 aliphatic heterocycles. The van der Waals surface area contributed by atoms with E-state index >= 15 is 0 Å². The average Bonchev–Trinajstić information content (AvgIpc) is 2.67. The molecule has 4 rings (SSSR count). The van der Waals surface area contributed by atoms with Crippen LogP contribution >= 0.6 is 0 Å². The Kier molecular flexibility index (Phi) is 4.40. The van der Waals surface area contributed by atoms with Crippen LogP contribution in [0, 0.1) is 0 Å². The Labute approximate surface area is 162 Å². The Balaban J connectivity index is 1.80. The normalized spacial score (nSPS) is 11.5. The Hall–Kier alpha value is -3.52. The molecule has 0 aliphatic rings. The van der Waals surface area contributed by atoms with Crippen molar-refractivity contribution < 1.29 is 8.42 Å². The van der Waals surface area contributed by atoms with Crippen molar-refractivity contribution in [1.82, 2.24) is 15.0 Å². The number of anilines is 2. The SMILES string of the molecule is CS(=O)(=O)Nc1ccc(-c2ccc3nc(N)nc(-c4ccccc4)c3n2)cc1. The molecule has 28 heavy (non-hydrogen) atoms. The molecule has 7 nitrogen and oxygen atoms in total. The summed E-state index contributed by atoms with van der Waals surface area (Å²) >= 11 is 0. The van der Waals surface area contributed by atoms with E-state index in [2.05, 4.69) is 14.7 Å². The lowest BCUT2D eigenvalue weighted by Crippen LogP contribution is -2.09. The lowest BCUT2D eigenvalue weighted by atomic mass is 10.1. The fraction of sp³-hybridized carbons (Fsp3) is 0.0500. The maximum absolute atomic E-state index is 11.4. The smallest absolute Gasteiger partial charge is 0.229 e. The zero-order chi connectivity index (χ0) is 19.7. The van der Waals surface area contributed by atoms with Crippen LogP contribution in [0.1, 0.15) is 0 Å². The number of nitrogens with zero attached hydrogens (tertiary/aromatic N) is 3. The molecule has 0 saturated carbocycles. The quantitative estimate of drug-likeness (QED) is 0.552. The molecule has 0 bridgehead atoms. The molecule has 0 radical (unpaired) electrons. The summed E-state index contributed by atoms with van der Waals surface area (Å²) in [6.45, 7) is 0. The van der Waals surface area contributed by atoms with Gasteiger partial charge in [0.1, 0.15) is 11.2 Å². The number of rotatable bonds is 4. The molecule has 2 aromatic carbocycles. The van der Waals surface area contributed by atoms with Crippen molar-refractivity contribution in [3.63, 3.8) is 0 Å². The molecule has 2 aromatic heterocycles. The van der Waals surface area contributed by atoms with Crippen molar-refractivity contribution in [2.75, 3.05) is 16.7 Å². The molecule has 2 heterocycles. The summed E-state index contributed by atoms with van der Waals surface area (Å²) in [5.41, 5.74) is 10.8. The topological polar surface area (TPSA) is 111 Å². The van der Waals surface area contributed by atoms with Gasteiger partial charge >= 0.3 is 0 Å². The first kappa shape index (κ1) is 17.9. The fourth-order valence-corrected chi connectivity index (χ4v) is 3.48. The summed E-state index contributed by atoms with van der Waals surface area (Å²) in [6, 6.07) is 20.4. The number of nitrogen functional groups attached to an aromatic ring is 1. The first-order valence-electron chi connectivity index (χ1n) is 8.47. The van der Waals surface area contributed by atoms with Crippen LogP contribution in [0.5, 0.6) is 0 Å². The second-order valence-corrected chi connectivity index (χ2v) is 8.06. The van der Waals surface area contributed by atoms with Gasteiger partial charge in [0.25, 0.3) is 0 Å². The molecule has 0 saturated heterocycles. The zero-order valence-corrected chi connectivity index (χ0v) is 15.8. The Bertz CT molecular complexity index is 1260. The summed E-state index contributed by atoms with van der Waals surface area (Å²) in [6.07, 6.45) is 1.11. The highest BCUT2D eigenvalue weighted by Crippen LogP contribution is 2.28. The number of sulfonamides is 1. The Morgan fingerprint density at radius 2 is 1.54 bits per heavy atom. The van der Waals surface area contributed by atoms with Crippen LogP contribution in [0.4, 0.5) is 11.6 Å². The molecule has 3 N–H and O–H groups in total. The lowest BCUT2D eigenvalue weighted by molar-refractivity contribution is 0.607. The van der Waals surface area contributed by atoms with Crippen LogP contribution in [0.2, 0.25) is 0 Å². The number of hydrogen-bond donors (Lipinski definition) is 2. The molecule has 8 heteroatoms. The van der Waals surface area contributed by atoms with E-state index in [-0.39, 0.29) is 5.95 Å². The van der Waals surface area contributed by atoms with Crippen LogP contribution in [0.15, 0.2) is 66.7 Å². The number of nitrogens with two attached hydrogens (primary N) is 1. The number of aromatic nitrogens is 3. The van der Waals surface area contributed by atoms with Crippen molar-refractivity contribution in [2.45, 2.75) is 0 Å². The van der Waals surface area contributed by atoms with Gasteiger partial charge < -0.3 is 5.73 Å². The molecule has 0 spiro atoms. The third kappa shape index (κ3) is 3.77. The van der Waals surface area contributed by atoms with E-state index in [1.165, 1.54) is 0 Å².